The Morgan fingerprint density at radius 2 is 2.25 bits per heavy atom. The molecule has 0 aliphatic rings. The SMILES string of the molecule is CCC(=O)C(C)n1ccn2nccc2c1=O. The fourth-order valence-corrected chi connectivity index (χ4v) is 1.69. The number of carbonyl (C=O) groups excluding carboxylic acids is 1. The zero-order valence-electron chi connectivity index (χ0n) is 9.25. The Bertz CT molecular complexity index is 582. The maximum absolute atomic E-state index is 12.0. The van der Waals surface area contributed by atoms with Gasteiger partial charge in [-0.15, -0.1) is 0 Å². The van der Waals surface area contributed by atoms with Crippen LogP contribution < -0.4 is 5.56 Å². The molecule has 2 aromatic rings. The standard InChI is InChI=1S/C11H13N3O2/c1-3-10(15)8(2)13-6-7-14-9(11(13)16)4-5-12-14/h4-8H,3H2,1-2H3. The van der Waals surface area contributed by atoms with Gasteiger partial charge in [0.1, 0.15) is 5.52 Å². The molecule has 5 heteroatoms. The molecule has 2 rings (SSSR count). The molecule has 0 aliphatic carbocycles. The van der Waals surface area contributed by atoms with Crippen molar-refractivity contribution in [1.82, 2.24) is 14.2 Å². The van der Waals surface area contributed by atoms with E-state index in [0.717, 1.165) is 0 Å². The highest BCUT2D eigenvalue weighted by Gasteiger charge is 2.15. The van der Waals surface area contributed by atoms with E-state index < -0.39 is 6.04 Å². The van der Waals surface area contributed by atoms with E-state index in [-0.39, 0.29) is 11.3 Å². The number of rotatable bonds is 3. The quantitative estimate of drug-likeness (QED) is 0.774. The van der Waals surface area contributed by atoms with Crippen LogP contribution in [0.3, 0.4) is 0 Å². The summed E-state index contributed by atoms with van der Waals surface area (Å²) >= 11 is 0. The van der Waals surface area contributed by atoms with Gasteiger partial charge in [0.15, 0.2) is 5.78 Å². The second kappa shape index (κ2) is 3.92. The van der Waals surface area contributed by atoms with Crippen molar-refractivity contribution < 1.29 is 4.79 Å². The Hall–Kier alpha value is -1.91. The predicted octanol–water partition coefficient (Wildman–Crippen LogP) is 1.04. The van der Waals surface area contributed by atoms with Crippen molar-refractivity contribution in [2.75, 3.05) is 0 Å². The molecule has 0 saturated carbocycles. The summed E-state index contributed by atoms with van der Waals surface area (Å²) in [5.74, 6) is 0.0472. The van der Waals surface area contributed by atoms with Crippen molar-refractivity contribution in [1.29, 1.82) is 0 Å². The molecular weight excluding hydrogens is 206 g/mol. The van der Waals surface area contributed by atoms with Crippen LogP contribution >= 0.6 is 0 Å². The fraction of sp³-hybridized carbons (Fsp3) is 0.364. The average molecular weight is 219 g/mol. The summed E-state index contributed by atoms with van der Waals surface area (Å²) < 4.78 is 2.95. The Morgan fingerprint density at radius 1 is 1.50 bits per heavy atom. The first-order valence-corrected chi connectivity index (χ1v) is 5.22. The lowest BCUT2D eigenvalue weighted by Gasteiger charge is -2.12. The van der Waals surface area contributed by atoms with Crippen molar-refractivity contribution >= 4 is 11.3 Å². The van der Waals surface area contributed by atoms with Crippen LogP contribution in [0.2, 0.25) is 0 Å². The van der Waals surface area contributed by atoms with E-state index in [9.17, 15) is 9.59 Å². The third-order valence-corrected chi connectivity index (χ3v) is 2.72. The molecule has 5 nitrogen and oxygen atoms in total. The van der Waals surface area contributed by atoms with Gasteiger partial charge in [-0.1, -0.05) is 6.92 Å². The molecule has 2 heterocycles. The number of hydrogen-bond acceptors (Lipinski definition) is 3. The van der Waals surface area contributed by atoms with Crippen LogP contribution in [0.4, 0.5) is 0 Å². The van der Waals surface area contributed by atoms with Crippen LogP contribution in [0, 0.1) is 0 Å². The largest absolute Gasteiger partial charge is 0.302 e. The summed E-state index contributed by atoms with van der Waals surface area (Å²) in [7, 11) is 0. The molecule has 0 aromatic carbocycles. The van der Waals surface area contributed by atoms with Gasteiger partial charge in [-0.05, 0) is 13.0 Å². The first kappa shape index (κ1) is 10.6. The summed E-state index contributed by atoms with van der Waals surface area (Å²) in [5.41, 5.74) is 0.299. The van der Waals surface area contributed by atoms with E-state index in [1.165, 1.54) is 9.08 Å². The highest BCUT2D eigenvalue weighted by atomic mass is 16.1. The number of aromatic nitrogens is 3. The number of ketones is 1. The molecule has 0 fully saturated rings. The Morgan fingerprint density at radius 3 is 2.94 bits per heavy atom. The molecule has 1 atom stereocenters. The molecule has 2 aromatic heterocycles. The third-order valence-electron chi connectivity index (χ3n) is 2.72. The third kappa shape index (κ3) is 1.54. The van der Waals surface area contributed by atoms with Gasteiger partial charge in [0.2, 0.25) is 0 Å². The lowest BCUT2D eigenvalue weighted by molar-refractivity contribution is -0.121. The molecule has 0 aliphatic heterocycles. The van der Waals surface area contributed by atoms with Crippen LogP contribution in [0.15, 0.2) is 29.5 Å². The highest BCUT2D eigenvalue weighted by Crippen LogP contribution is 2.07. The summed E-state index contributed by atoms with van der Waals surface area (Å²) in [6, 6.07) is 1.22. The van der Waals surface area contributed by atoms with Gasteiger partial charge in [0.05, 0.1) is 12.2 Å². The van der Waals surface area contributed by atoms with Gasteiger partial charge in [-0.3, -0.25) is 9.59 Å². The van der Waals surface area contributed by atoms with Crippen LogP contribution in [-0.2, 0) is 4.79 Å². The summed E-state index contributed by atoms with van der Waals surface area (Å²) in [6.45, 7) is 3.53. The number of nitrogens with zero attached hydrogens (tertiary/aromatic N) is 3. The molecule has 0 amide bonds. The van der Waals surface area contributed by atoms with Crippen molar-refractivity contribution in [2.24, 2.45) is 0 Å². The molecule has 84 valence electrons. The molecule has 0 spiro atoms. The van der Waals surface area contributed by atoms with Gasteiger partial charge < -0.3 is 4.57 Å². The first-order chi connectivity index (χ1) is 7.65. The minimum Gasteiger partial charge on any atom is -0.302 e. The number of hydrogen-bond donors (Lipinski definition) is 0. The van der Waals surface area contributed by atoms with Crippen molar-refractivity contribution in [2.45, 2.75) is 26.3 Å². The molecule has 16 heavy (non-hydrogen) atoms. The van der Waals surface area contributed by atoms with E-state index in [4.69, 9.17) is 0 Å². The Balaban J connectivity index is 2.57. The smallest absolute Gasteiger partial charge is 0.277 e. The second-order valence-electron chi connectivity index (χ2n) is 3.67. The highest BCUT2D eigenvalue weighted by molar-refractivity contribution is 5.81. The number of fused-ring (bicyclic) bond motifs is 1. The number of carbonyl (C=O) groups is 1. The van der Waals surface area contributed by atoms with Crippen molar-refractivity contribution in [3.05, 3.63) is 35.0 Å². The van der Waals surface area contributed by atoms with Gasteiger partial charge in [-0.2, -0.15) is 5.10 Å². The van der Waals surface area contributed by atoms with Crippen LogP contribution in [0.1, 0.15) is 26.3 Å². The first-order valence-electron chi connectivity index (χ1n) is 5.22. The Labute approximate surface area is 92.3 Å². The lowest BCUT2D eigenvalue weighted by Crippen LogP contribution is -2.28. The van der Waals surface area contributed by atoms with Crippen molar-refractivity contribution in [3.8, 4) is 0 Å². The topological polar surface area (TPSA) is 56.4 Å². The maximum Gasteiger partial charge on any atom is 0.277 e. The summed E-state index contributed by atoms with van der Waals surface area (Å²) in [4.78, 5) is 23.6. The molecule has 0 radical (unpaired) electrons. The van der Waals surface area contributed by atoms with Crippen LogP contribution in [0.5, 0.6) is 0 Å². The average Bonchev–Trinajstić information content (AvgIpc) is 2.76. The van der Waals surface area contributed by atoms with Crippen LogP contribution in [0.25, 0.3) is 5.52 Å². The van der Waals surface area contributed by atoms with Gasteiger partial charge >= 0.3 is 0 Å². The van der Waals surface area contributed by atoms with E-state index in [0.29, 0.717) is 11.9 Å². The minimum absolute atomic E-state index is 0.0472. The van der Waals surface area contributed by atoms with Crippen LogP contribution in [-0.4, -0.2) is 20.0 Å². The lowest BCUT2D eigenvalue weighted by atomic mass is 10.1. The van der Waals surface area contributed by atoms with Gasteiger partial charge in [0, 0.05) is 18.8 Å². The molecule has 0 saturated heterocycles. The van der Waals surface area contributed by atoms with E-state index >= 15 is 0 Å². The normalized spacial score (nSPS) is 12.9. The minimum atomic E-state index is -0.419. The Kier molecular flexibility index (Phi) is 2.60. The molecular formula is C11H13N3O2. The van der Waals surface area contributed by atoms with Gasteiger partial charge in [-0.25, -0.2) is 4.52 Å². The number of Topliss-reactive ketones (excluding diaryl/α,β-unsaturated/α-hetero) is 1. The fourth-order valence-electron chi connectivity index (χ4n) is 1.69. The monoisotopic (exact) mass is 219 g/mol. The van der Waals surface area contributed by atoms with E-state index in [1.807, 2.05) is 0 Å². The zero-order valence-corrected chi connectivity index (χ0v) is 9.25. The van der Waals surface area contributed by atoms with E-state index in [2.05, 4.69) is 5.10 Å². The van der Waals surface area contributed by atoms with Crippen molar-refractivity contribution in [3.63, 3.8) is 0 Å². The summed E-state index contributed by atoms with van der Waals surface area (Å²) in [6.07, 6.45) is 5.27. The maximum atomic E-state index is 12.0. The predicted molar refractivity (Wildman–Crippen MR) is 59.5 cm³/mol. The summed E-state index contributed by atoms with van der Waals surface area (Å²) in [5, 5.41) is 3.96. The van der Waals surface area contributed by atoms with E-state index in [1.54, 1.807) is 38.5 Å². The molecule has 1 unspecified atom stereocenters. The zero-order chi connectivity index (χ0) is 11.7. The van der Waals surface area contributed by atoms with Gasteiger partial charge in [0.25, 0.3) is 5.56 Å². The molecule has 0 bridgehead atoms. The second-order valence-corrected chi connectivity index (χ2v) is 3.67. The molecule has 0 N–H and O–H groups in total.